The lowest BCUT2D eigenvalue weighted by molar-refractivity contribution is -0.150. The van der Waals surface area contributed by atoms with Crippen molar-refractivity contribution in [2.24, 2.45) is 0 Å². The first-order valence-corrected chi connectivity index (χ1v) is 8.60. The molecule has 2 aromatic carbocycles. The number of hydrogen-bond donors (Lipinski definition) is 0. The van der Waals surface area contributed by atoms with Crippen LogP contribution < -0.4 is 0 Å². The van der Waals surface area contributed by atoms with Crippen LogP contribution in [0.25, 0.3) is 0 Å². The predicted molar refractivity (Wildman–Crippen MR) is 85.7 cm³/mol. The molecular weight excluding hydrogens is 312 g/mol. The molecule has 118 valence electrons. The quantitative estimate of drug-likeness (QED) is 0.627. The highest BCUT2D eigenvalue weighted by Crippen LogP contribution is 2.46. The number of hydrogen-bond acceptors (Lipinski definition) is 4. The molecule has 0 N–H and O–H groups in total. The van der Waals surface area contributed by atoms with Gasteiger partial charge in [0.25, 0.3) is 0 Å². The molecule has 0 atom stereocenters. The molecule has 23 heavy (non-hydrogen) atoms. The fourth-order valence-corrected chi connectivity index (χ4v) is 4.69. The zero-order valence-corrected chi connectivity index (χ0v) is 13.7. The summed E-state index contributed by atoms with van der Waals surface area (Å²) in [5.41, 5.74) is -0.0228. The fourth-order valence-electron chi connectivity index (χ4n) is 2.84. The maximum absolute atomic E-state index is 12.8. The van der Waals surface area contributed by atoms with E-state index < -0.39 is 21.4 Å². The van der Waals surface area contributed by atoms with Crippen molar-refractivity contribution in [3.8, 4) is 0 Å². The molecule has 0 saturated carbocycles. The highest BCUT2D eigenvalue weighted by atomic mass is 32.2. The summed E-state index contributed by atoms with van der Waals surface area (Å²) >= 11 is 0. The largest absolute Gasteiger partial charge is 0.446 e. The minimum absolute atomic E-state index is 0.163. The van der Waals surface area contributed by atoms with Gasteiger partial charge in [-0.3, -0.25) is 0 Å². The summed E-state index contributed by atoms with van der Waals surface area (Å²) in [4.78, 5) is 12.5. The molecule has 0 radical (unpaired) electrons. The van der Waals surface area contributed by atoms with Crippen LogP contribution in [-0.4, -0.2) is 14.4 Å². The number of carbonyl (C=O) groups excluding carboxylic acids is 1. The van der Waals surface area contributed by atoms with Gasteiger partial charge < -0.3 is 4.74 Å². The summed E-state index contributed by atoms with van der Waals surface area (Å²) in [7, 11) is -3.64. The van der Waals surface area contributed by atoms with Gasteiger partial charge in [0.2, 0.25) is 9.84 Å². The monoisotopic (exact) mass is 328 g/mol. The molecule has 0 aliphatic carbocycles. The zero-order valence-electron chi connectivity index (χ0n) is 12.9. The summed E-state index contributed by atoms with van der Waals surface area (Å²) in [6, 6.07) is 13.2. The van der Waals surface area contributed by atoms with Gasteiger partial charge in [0, 0.05) is 16.7 Å². The molecule has 0 saturated heterocycles. The van der Waals surface area contributed by atoms with Crippen molar-refractivity contribution < 1.29 is 17.9 Å². The molecule has 0 fully saturated rings. The van der Waals surface area contributed by atoms with Gasteiger partial charge in [-0.25, -0.2) is 13.2 Å². The third kappa shape index (κ3) is 2.19. The van der Waals surface area contributed by atoms with Crippen molar-refractivity contribution in [2.45, 2.75) is 29.2 Å². The Labute approximate surface area is 135 Å². The standard InChI is InChI=1S/C18H16O4S/c1-12(2)17(19)22-18(3)13-8-4-6-10-15(13)23(20,21)16-11-7-5-9-14(16)18/h4-11H,1H2,2-3H3. The maximum Gasteiger partial charge on any atom is 0.334 e. The second-order valence-electron chi connectivity index (χ2n) is 5.70. The Balaban J connectivity index is 2.34. The number of benzene rings is 2. The van der Waals surface area contributed by atoms with Gasteiger partial charge in [-0.1, -0.05) is 43.0 Å². The van der Waals surface area contributed by atoms with Crippen LogP contribution in [0.1, 0.15) is 25.0 Å². The lowest BCUT2D eigenvalue weighted by atomic mass is 9.87. The van der Waals surface area contributed by atoms with Crippen LogP contribution in [0.15, 0.2) is 70.5 Å². The number of fused-ring (bicyclic) bond motifs is 2. The first-order chi connectivity index (χ1) is 10.8. The molecule has 4 nitrogen and oxygen atoms in total. The van der Waals surface area contributed by atoms with Crippen molar-refractivity contribution in [3.63, 3.8) is 0 Å². The van der Waals surface area contributed by atoms with E-state index in [-0.39, 0.29) is 15.4 Å². The van der Waals surface area contributed by atoms with Gasteiger partial charge in [0.05, 0.1) is 9.79 Å². The number of carbonyl (C=O) groups is 1. The number of rotatable bonds is 2. The van der Waals surface area contributed by atoms with Crippen molar-refractivity contribution >= 4 is 15.8 Å². The zero-order chi connectivity index (χ0) is 16.8. The van der Waals surface area contributed by atoms with Crippen LogP contribution in [-0.2, 0) is 25.0 Å². The molecule has 5 heteroatoms. The van der Waals surface area contributed by atoms with Crippen LogP contribution in [0.4, 0.5) is 0 Å². The van der Waals surface area contributed by atoms with Crippen molar-refractivity contribution in [3.05, 3.63) is 71.8 Å². The van der Waals surface area contributed by atoms with Gasteiger partial charge in [-0.15, -0.1) is 0 Å². The van der Waals surface area contributed by atoms with Crippen LogP contribution in [0.3, 0.4) is 0 Å². The van der Waals surface area contributed by atoms with Gasteiger partial charge in [-0.2, -0.15) is 0 Å². The lowest BCUT2D eigenvalue weighted by Gasteiger charge is -2.36. The summed E-state index contributed by atoms with van der Waals surface area (Å²) in [6.07, 6.45) is 0. The van der Waals surface area contributed by atoms with Crippen molar-refractivity contribution in [1.29, 1.82) is 0 Å². The molecule has 0 unspecified atom stereocenters. The van der Waals surface area contributed by atoms with E-state index in [9.17, 15) is 13.2 Å². The molecule has 1 aliphatic heterocycles. The Morgan fingerprint density at radius 1 is 1.00 bits per heavy atom. The average molecular weight is 328 g/mol. The van der Waals surface area contributed by atoms with E-state index in [2.05, 4.69) is 6.58 Å². The highest BCUT2D eigenvalue weighted by Gasteiger charge is 2.45. The van der Waals surface area contributed by atoms with E-state index in [1.165, 1.54) is 12.1 Å². The minimum Gasteiger partial charge on any atom is -0.446 e. The predicted octanol–water partition coefficient (Wildman–Crippen LogP) is 3.22. The van der Waals surface area contributed by atoms with E-state index >= 15 is 0 Å². The third-order valence-electron chi connectivity index (χ3n) is 4.03. The fraction of sp³-hybridized carbons (Fsp3) is 0.167. The van der Waals surface area contributed by atoms with Crippen molar-refractivity contribution in [1.82, 2.24) is 0 Å². The normalized spacial score (nSPS) is 16.8. The molecule has 1 heterocycles. The summed E-state index contributed by atoms with van der Waals surface area (Å²) < 4.78 is 31.4. The topological polar surface area (TPSA) is 60.4 Å². The molecular formula is C18H16O4S. The number of ether oxygens (including phenoxy) is 1. The molecule has 0 bridgehead atoms. The summed E-state index contributed by atoms with van der Waals surface area (Å²) in [6.45, 7) is 6.87. The van der Waals surface area contributed by atoms with Crippen LogP contribution >= 0.6 is 0 Å². The minimum atomic E-state index is -3.64. The molecule has 0 spiro atoms. The number of sulfone groups is 1. The molecule has 1 aliphatic rings. The number of esters is 1. The Morgan fingerprint density at radius 3 is 1.87 bits per heavy atom. The Morgan fingerprint density at radius 2 is 1.43 bits per heavy atom. The molecule has 3 rings (SSSR count). The highest BCUT2D eigenvalue weighted by molar-refractivity contribution is 7.91. The van der Waals surface area contributed by atoms with E-state index in [1.807, 2.05) is 0 Å². The van der Waals surface area contributed by atoms with E-state index in [0.717, 1.165) is 0 Å². The van der Waals surface area contributed by atoms with Gasteiger partial charge in [-0.05, 0) is 26.0 Å². The maximum atomic E-state index is 12.8. The van der Waals surface area contributed by atoms with Gasteiger partial charge in [0.15, 0.2) is 5.60 Å². The first kappa shape index (κ1) is 15.5. The molecule has 0 amide bonds. The van der Waals surface area contributed by atoms with E-state index in [1.54, 1.807) is 50.2 Å². The van der Waals surface area contributed by atoms with E-state index in [4.69, 9.17) is 4.74 Å². The van der Waals surface area contributed by atoms with Gasteiger partial charge in [0.1, 0.15) is 0 Å². The van der Waals surface area contributed by atoms with Crippen molar-refractivity contribution in [2.75, 3.05) is 0 Å². The smallest absolute Gasteiger partial charge is 0.334 e. The second kappa shape index (κ2) is 5.06. The molecule has 2 aromatic rings. The molecule has 0 aromatic heterocycles. The van der Waals surface area contributed by atoms with Crippen LogP contribution in [0.5, 0.6) is 0 Å². The third-order valence-corrected chi connectivity index (χ3v) is 5.90. The first-order valence-electron chi connectivity index (χ1n) is 7.11. The average Bonchev–Trinajstić information content (AvgIpc) is 2.53. The Hall–Kier alpha value is -2.40. The van der Waals surface area contributed by atoms with Crippen LogP contribution in [0, 0.1) is 0 Å². The summed E-state index contributed by atoms with van der Waals surface area (Å²) in [5.74, 6) is -0.559. The lowest BCUT2D eigenvalue weighted by Crippen LogP contribution is -2.37. The summed E-state index contributed by atoms with van der Waals surface area (Å²) in [5, 5.41) is 0. The van der Waals surface area contributed by atoms with Crippen LogP contribution in [0.2, 0.25) is 0 Å². The van der Waals surface area contributed by atoms with E-state index in [0.29, 0.717) is 11.1 Å². The Kier molecular flexibility index (Phi) is 3.41. The SMILES string of the molecule is C=C(C)C(=O)OC1(C)c2ccccc2S(=O)(=O)c2ccccc21. The second-order valence-corrected chi connectivity index (χ2v) is 7.59. The Bertz CT molecular complexity index is 872. The van der Waals surface area contributed by atoms with Gasteiger partial charge >= 0.3 is 5.97 Å².